The van der Waals surface area contributed by atoms with Gasteiger partial charge < -0.3 is 29.1 Å². The average molecular weight is 813 g/mol. The van der Waals surface area contributed by atoms with Crippen LogP contribution in [0.15, 0.2) is 30.7 Å². The van der Waals surface area contributed by atoms with Crippen molar-refractivity contribution in [1.29, 1.82) is 0 Å². The number of likely N-dealkylation sites (tertiary alicyclic amines) is 2. The fraction of sp³-hybridized carbons (Fsp3) is 0.707. The van der Waals surface area contributed by atoms with E-state index in [0.29, 0.717) is 50.1 Å². The van der Waals surface area contributed by atoms with E-state index >= 15 is 0 Å². The van der Waals surface area contributed by atoms with Gasteiger partial charge in [-0.2, -0.15) is 17.0 Å². The lowest BCUT2D eigenvalue weighted by Crippen LogP contribution is -2.57. The van der Waals surface area contributed by atoms with Crippen molar-refractivity contribution in [3.05, 3.63) is 42.1 Å². The maximum absolute atomic E-state index is 14.5. The Bertz CT molecular complexity index is 1880. The summed E-state index contributed by atoms with van der Waals surface area (Å²) >= 11 is 0. The number of piperidine rings is 2. The molecule has 0 aliphatic carbocycles. The molecule has 1 spiro atoms. The minimum absolute atomic E-state index is 0.0777. The fourth-order valence-corrected chi connectivity index (χ4v) is 11.6. The Hall–Kier alpha value is -3.60. The maximum atomic E-state index is 14.5. The van der Waals surface area contributed by atoms with Crippen molar-refractivity contribution < 1.29 is 31.9 Å². The van der Waals surface area contributed by atoms with E-state index in [-0.39, 0.29) is 52.9 Å². The van der Waals surface area contributed by atoms with Crippen LogP contribution in [0.25, 0.3) is 0 Å². The number of piperazine rings is 1. The van der Waals surface area contributed by atoms with Gasteiger partial charge in [0.15, 0.2) is 11.6 Å². The molecule has 314 valence electrons. The van der Waals surface area contributed by atoms with Crippen LogP contribution in [0.3, 0.4) is 0 Å². The molecule has 16 heteroatoms. The molecule has 0 N–H and O–H groups in total. The first kappa shape index (κ1) is 41.6. The molecule has 7 rings (SSSR count). The largest absolute Gasteiger partial charge is 0.451 e. The Morgan fingerprint density at radius 1 is 0.947 bits per heavy atom. The molecule has 5 saturated heterocycles. The molecule has 2 bridgehead atoms. The van der Waals surface area contributed by atoms with Gasteiger partial charge in [0.2, 0.25) is 0 Å². The van der Waals surface area contributed by atoms with Crippen LogP contribution in [0.1, 0.15) is 97.3 Å². The van der Waals surface area contributed by atoms with Gasteiger partial charge in [-0.1, -0.05) is 0 Å². The molecule has 5 fully saturated rings. The summed E-state index contributed by atoms with van der Waals surface area (Å²) < 4.78 is 57.3. The first-order valence-electron chi connectivity index (χ1n) is 20.8. The van der Waals surface area contributed by atoms with Crippen molar-refractivity contribution in [3.63, 3.8) is 0 Å². The predicted molar refractivity (Wildman–Crippen MR) is 215 cm³/mol. The predicted octanol–water partition coefficient (Wildman–Crippen LogP) is 5.61. The molecular formula is C41H61FN8O6S. The molecular weight excluding hydrogens is 752 g/mol. The van der Waals surface area contributed by atoms with Gasteiger partial charge in [-0.15, -0.1) is 0 Å². The first-order chi connectivity index (χ1) is 26.9. The Kier molecular flexibility index (Phi) is 11.8. The summed E-state index contributed by atoms with van der Waals surface area (Å²) in [6.45, 7) is 19.6. The number of halogens is 1. The van der Waals surface area contributed by atoms with Crippen molar-refractivity contribution in [2.75, 3.05) is 63.8 Å². The third kappa shape index (κ3) is 8.88. The minimum Gasteiger partial charge on any atom is -0.451 e. The summed E-state index contributed by atoms with van der Waals surface area (Å²) in [6, 6.07) is 3.54. The Balaban J connectivity index is 0.900. The van der Waals surface area contributed by atoms with E-state index in [4.69, 9.17) is 9.47 Å². The highest BCUT2D eigenvalue weighted by molar-refractivity contribution is 7.86. The third-order valence-corrected chi connectivity index (χ3v) is 14.7. The number of carbonyl (C=O) groups excluding carboxylic acids is 2. The molecule has 2 aromatic rings. The summed E-state index contributed by atoms with van der Waals surface area (Å²) in [7, 11) is -3.60. The highest BCUT2D eigenvalue weighted by atomic mass is 32.2. The van der Waals surface area contributed by atoms with Crippen LogP contribution in [-0.2, 0) is 14.9 Å². The van der Waals surface area contributed by atoms with Gasteiger partial charge in [-0.25, -0.2) is 19.2 Å². The number of carbonyl (C=O) groups is 2. The number of hydrogen-bond acceptors (Lipinski definition) is 10. The SMILES string of the molecule is CC(C)N(C(=O)c1cc(F)ccc1Oc1cncnc1N1CC[C@@H](CN2CCC3(CC2)CCN(S(=O)(=O)N2C[C@@H]4C[C@H]2CN4C(=O)OC(C)(C)C)CC3)C1)C(C)C. The highest BCUT2D eigenvalue weighted by Crippen LogP contribution is 2.44. The fourth-order valence-electron chi connectivity index (χ4n) is 9.75. The van der Waals surface area contributed by atoms with Gasteiger partial charge >= 0.3 is 6.09 Å². The zero-order valence-electron chi connectivity index (χ0n) is 34.7. The number of fused-ring (bicyclic) bond motifs is 2. The number of anilines is 1. The molecule has 0 radical (unpaired) electrons. The number of rotatable bonds is 10. The Labute approximate surface area is 337 Å². The Morgan fingerprint density at radius 2 is 1.63 bits per heavy atom. The summed E-state index contributed by atoms with van der Waals surface area (Å²) in [5.41, 5.74) is -0.264. The first-order valence-corrected chi connectivity index (χ1v) is 22.2. The molecule has 0 unspecified atom stereocenters. The molecule has 5 aliphatic heterocycles. The summed E-state index contributed by atoms with van der Waals surface area (Å²) in [6.07, 6.45) is 8.27. The van der Waals surface area contributed by atoms with Crippen LogP contribution in [0.4, 0.5) is 15.0 Å². The van der Waals surface area contributed by atoms with E-state index in [1.165, 1.54) is 24.5 Å². The van der Waals surface area contributed by atoms with E-state index in [1.54, 1.807) is 24.6 Å². The lowest BCUT2D eigenvalue weighted by Gasteiger charge is -2.47. The van der Waals surface area contributed by atoms with Crippen LogP contribution >= 0.6 is 0 Å². The van der Waals surface area contributed by atoms with Crippen LogP contribution in [0.5, 0.6) is 11.5 Å². The zero-order valence-corrected chi connectivity index (χ0v) is 35.5. The van der Waals surface area contributed by atoms with Crippen molar-refractivity contribution in [2.45, 2.75) is 117 Å². The number of amides is 2. The van der Waals surface area contributed by atoms with Crippen LogP contribution in [0, 0.1) is 17.2 Å². The van der Waals surface area contributed by atoms with Gasteiger partial charge in [0, 0.05) is 63.9 Å². The minimum atomic E-state index is -3.60. The normalized spacial score (nSPS) is 24.6. The van der Waals surface area contributed by atoms with Crippen molar-refractivity contribution in [2.24, 2.45) is 11.3 Å². The van der Waals surface area contributed by atoms with Crippen LogP contribution < -0.4 is 9.64 Å². The molecule has 14 nitrogen and oxygen atoms in total. The zero-order chi connectivity index (χ0) is 40.9. The summed E-state index contributed by atoms with van der Waals surface area (Å²) in [5.74, 6) is 0.974. The van der Waals surface area contributed by atoms with Gasteiger partial charge in [0.1, 0.15) is 23.5 Å². The lowest BCUT2D eigenvalue weighted by atomic mass is 9.71. The number of hydrogen-bond donors (Lipinski definition) is 0. The van der Waals surface area contributed by atoms with Gasteiger partial charge in [0.05, 0.1) is 17.8 Å². The van der Waals surface area contributed by atoms with E-state index in [9.17, 15) is 22.4 Å². The number of ether oxygens (including phenoxy) is 2. The summed E-state index contributed by atoms with van der Waals surface area (Å²) in [5, 5.41) is 0. The molecule has 6 heterocycles. The van der Waals surface area contributed by atoms with Crippen molar-refractivity contribution >= 4 is 28.0 Å². The molecule has 5 aliphatic rings. The lowest BCUT2D eigenvalue weighted by molar-refractivity contribution is 0.0165. The van der Waals surface area contributed by atoms with Crippen molar-refractivity contribution in [3.8, 4) is 11.5 Å². The van der Waals surface area contributed by atoms with E-state index in [0.717, 1.165) is 64.8 Å². The number of nitrogens with zero attached hydrogens (tertiary/aromatic N) is 8. The molecule has 1 aromatic heterocycles. The topological polar surface area (TPSA) is 132 Å². The quantitative estimate of drug-likeness (QED) is 0.299. The monoisotopic (exact) mass is 812 g/mol. The third-order valence-electron chi connectivity index (χ3n) is 12.6. The van der Waals surface area contributed by atoms with E-state index in [2.05, 4.69) is 19.8 Å². The van der Waals surface area contributed by atoms with Gasteiger partial charge in [0.25, 0.3) is 16.1 Å². The standard InChI is InChI=1S/C41H61FN8O6S/c1-28(2)50(29(3)4)38(51)34-20-31(42)8-9-35(34)55-36-22-43-27-44-37(36)46-15-10-30(24-46)23-45-16-11-41(12-17-45)13-18-47(19-14-41)57(53,54)49-26-32-21-33(49)25-48(32)39(52)56-40(5,6)7/h8-9,20,22,27-30,32-33H,10-19,21,23-26H2,1-7H3/t30-,32-,33-/m0/s1. The highest BCUT2D eigenvalue weighted by Gasteiger charge is 2.53. The van der Waals surface area contributed by atoms with Gasteiger partial charge in [-0.3, -0.25) is 4.79 Å². The maximum Gasteiger partial charge on any atom is 0.410 e. The molecule has 0 saturated carbocycles. The molecule has 2 amide bonds. The van der Waals surface area contributed by atoms with Crippen LogP contribution in [0.2, 0.25) is 0 Å². The Morgan fingerprint density at radius 3 is 2.26 bits per heavy atom. The molecule has 1 aromatic carbocycles. The second kappa shape index (κ2) is 16.2. The van der Waals surface area contributed by atoms with Crippen molar-refractivity contribution in [1.82, 2.24) is 33.3 Å². The number of benzene rings is 1. The van der Waals surface area contributed by atoms with E-state index in [1.807, 2.05) is 48.5 Å². The summed E-state index contributed by atoms with van der Waals surface area (Å²) in [4.78, 5) is 43.4. The van der Waals surface area contributed by atoms with Crippen LogP contribution in [-0.4, -0.2) is 142 Å². The second-order valence-electron chi connectivity index (χ2n) is 18.4. The smallest absolute Gasteiger partial charge is 0.410 e. The van der Waals surface area contributed by atoms with E-state index < -0.39 is 21.6 Å². The average Bonchev–Trinajstić information content (AvgIpc) is 3.90. The molecule has 57 heavy (non-hydrogen) atoms. The van der Waals surface area contributed by atoms with Gasteiger partial charge in [-0.05, 0) is 130 Å². The molecule has 3 atom stereocenters. The second-order valence-corrected chi connectivity index (χ2v) is 20.3. The number of aromatic nitrogens is 2.